The van der Waals surface area contributed by atoms with Crippen LogP contribution in [0.25, 0.3) is 0 Å². The standard InChI is InChI=1S/C19H23N3O3S/c1-15(16-10-12-20-13-11-16)21-19(23)18-9-5-6-14-22(18)26(24,25)17-7-3-2-4-8-17/h2-4,7-8,10-13,15,18H,5-6,9,14H2,1H3,(H,21,23). The summed E-state index contributed by atoms with van der Waals surface area (Å²) in [5, 5.41) is 2.95. The van der Waals surface area contributed by atoms with Gasteiger partial charge in [0, 0.05) is 18.9 Å². The third kappa shape index (κ3) is 3.94. The first-order valence-electron chi connectivity index (χ1n) is 8.77. The average molecular weight is 373 g/mol. The van der Waals surface area contributed by atoms with E-state index in [0.717, 1.165) is 18.4 Å². The molecule has 6 nitrogen and oxygen atoms in total. The third-order valence-corrected chi connectivity index (χ3v) is 6.59. The number of hydrogen-bond donors (Lipinski definition) is 1. The Labute approximate surface area is 154 Å². The summed E-state index contributed by atoms with van der Waals surface area (Å²) in [5.41, 5.74) is 0.932. The summed E-state index contributed by atoms with van der Waals surface area (Å²) in [5.74, 6) is -0.256. The Morgan fingerprint density at radius 1 is 1.15 bits per heavy atom. The van der Waals surface area contributed by atoms with E-state index in [2.05, 4.69) is 10.3 Å². The molecule has 0 saturated carbocycles. The van der Waals surface area contributed by atoms with Crippen LogP contribution < -0.4 is 5.32 Å². The van der Waals surface area contributed by atoms with Gasteiger partial charge in [-0.3, -0.25) is 9.78 Å². The van der Waals surface area contributed by atoms with Gasteiger partial charge in [-0.25, -0.2) is 8.42 Å². The summed E-state index contributed by atoms with van der Waals surface area (Å²) in [7, 11) is -3.69. The van der Waals surface area contributed by atoms with Crippen LogP contribution in [0.2, 0.25) is 0 Å². The highest BCUT2D eigenvalue weighted by Crippen LogP contribution is 2.26. The van der Waals surface area contributed by atoms with Gasteiger partial charge >= 0.3 is 0 Å². The summed E-state index contributed by atoms with van der Waals surface area (Å²) < 4.78 is 27.3. The highest BCUT2D eigenvalue weighted by atomic mass is 32.2. The first-order valence-corrected chi connectivity index (χ1v) is 10.2. The maximum absolute atomic E-state index is 13.0. The maximum Gasteiger partial charge on any atom is 0.243 e. The van der Waals surface area contributed by atoms with Crippen molar-refractivity contribution in [2.24, 2.45) is 0 Å². The number of nitrogens with zero attached hydrogens (tertiary/aromatic N) is 2. The van der Waals surface area contributed by atoms with Gasteiger partial charge < -0.3 is 5.32 Å². The molecule has 0 aliphatic carbocycles. The molecule has 2 atom stereocenters. The minimum Gasteiger partial charge on any atom is -0.348 e. The zero-order valence-corrected chi connectivity index (χ0v) is 15.5. The number of nitrogens with one attached hydrogen (secondary N) is 1. The summed E-state index contributed by atoms with van der Waals surface area (Å²) in [6, 6.07) is 11.1. The Hall–Kier alpha value is -2.25. The van der Waals surface area contributed by atoms with Gasteiger partial charge in [0.25, 0.3) is 0 Å². The Bertz CT molecular complexity index is 841. The zero-order valence-electron chi connectivity index (χ0n) is 14.7. The van der Waals surface area contributed by atoms with Gasteiger partial charge in [-0.2, -0.15) is 4.31 Å². The predicted octanol–water partition coefficient (Wildman–Crippen LogP) is 2.50. The number of carbonyl (C=O) groups is 1. The minimum atomic E-state index is -3.69. The summed E-state index contributed by atoms with van der Waals surface area (Å²) in [6.45, 7) is 2.24. The lowest BCUT2D eigenvalue weighted by Crippen LogP contribution is -2.52. The van der Waals surface area contributed by atoms with Crippen LogP contribution in [-0.2, 0) is 14.8 Å². The molecule has 0 bridgehead atoms. The van der Waals surface area contributed by atoms with Crippen LogP contribution in [0.3, 0.4) is 0 Å². The number of aromatic nitrogens is 1. The van der Waals surface area contributed by atoms with E-state index in [9.17, 15) is 13.2 Å². The van der Waals surface area contributed by atoms with Crippen molar-refractivity contribution in [3.63, 3.8) is 0 Å². The molecule has 1 aromatic carbocycles. The van der Waals surface area contributed by atoms with Crippen LogP contribution in [0.4, 0.5) is 0 Å². The van der Waals surface area contributed by atoms with Crippen molar-refractivity contribution in [2.75, 3.05) is 6.54 Å². The van der Waals surface area contributed by atoms with E-state index >= 15 is 0 Å². The third-order valence-electron chi connectivity index (χ3n) is 4.67. The number of hydrogen-bond acceptors (Lipinski definition) is 4. The topological polar surface area (TPSA) is 79.4 Å². The Kier molecular flexibility index (Phi) is 5.68. The van der Waals surface area contributed by atoms with Gasteiger partial charge in [0.15, 0.2) is 0 Å². The van der Waals surface area contributed by atoms with Crippen LogP contribution in [-0.4, -0.2) is 36.2 Å². The van der Waals surface area contributed by atoms with Crippen LogP contribution in [0.5, 0.6) is 0 Å². The number of amides is 1. The average Bonchev–Trinajstić information content (AvgIpc) is 2.69. The summed E-state index contributed by atoms with van der Waals surface area (Å²) >= 11 is 0. The van der Waals surface area contributed by atoms with E-state index in [1.807, 2.05) is 19.1 Å². The van der Waals surface area contributed by atoms with E-state index in [1.54, 1.807) is 42.7 Å². The van der Waals surface area contributed by atoms with Crippen LogP contribution in [0.15, 0.2) is 59.8 Å². The lowest BCUT2D eigenvalue weighted by atomic mass is 10.0. The monoisotopic (exact) mass is 373 g/mol. The highest BCUT2D eigenvalue weighted by molar-refractivity contribution is 7.89. The van der Waals surface area contributed by atoms with Crippen LogP contribution >= 0.6 is 0 Å². The number of sulfonamides is 1. The van der Waals surface area contributed by atoms with Crippen molar-refractivity contribution in [3.8, 4) is 0 Å². The van der Waals surface area contributed by atoms with Crippen LogP contribution in [0.1, 0.15) is 37.8 Å². The fourth-order valence-corrected chi connectivity index (χ4v) is 4.91. The quantitative estimate of drug-likeness (QED) is 0.873. The molecular formula is C19H23N3O3S. The number of carbonyl (C=O) groups excluding carboxylic acids is 1. The summed E-state index contributed by atoms with van der Waals surface area (Å²) in [4.78, 5) is 17.0. The normalized spacial score (nSPS) is 19.7. The van der Waals surface area contributed by atoms with E-state index in [1.165, 1.54) is 4.31 Å². The number of piperidine rings is 1. The predicted molar refractivity (Wildman–Crippen MR) is 98.8 cm³/mol. The number of benzene rings is 1. The minimum absolute atomic E-state index is 0.214. The molecule has 1 fully saturated rings. The highest BCUT2D eigenvalue weighted by Gasteiger charge is 2.37. The lowest BCUT2D eigenvalue weighted by Gasteiger charge is -2.34. The van der Waals surface area contributed by atoms with E-state index in [0.29, 0.717) is 13.0 Å². The molecule has 7 heteroatoms. The Balaban J connectivity index is 1.79. The van der Waals surface area contributed by atoms with Gasteiger partial charge in [-0.05, 0) is 49.6 Å². The molecule has 3 rings (SSSR count). The number of pyridine rings is 1. The van der Waals surface area contributed by atoms with E-state index in [4.69, 9.17) is 0 Å². The molecular weight excluding hydrogens is 350 g/mol. The largest absolute Gasteiger partial charge is 0.348 e. The summed E-state index contributed by atoms with van der Waals surface area (Å²) in [6.07, 6.45) is 5.47. The second-order valence-electron chi connectivity index (χ2n) is 6.45. The van der Waals surface area contributed by atoms with Gasteiger partial charge in [0.2, 0.25) is 15.9 Å². The molecule has 1 aliphatic heterocycles. The molecule has 2 aromatic rings. The van der Waals surface area contributed by atoms with E-state index < -0.39 is 16.1 Å². The maximum atomic E-state index is 13.0. The molecule has 0 radical (unpaired) electrons. The second kappa shape index (κ2) is 7.97. The lowest BCUT2D eigenvalue weighted by molar-refractivity contribution is -0.126. The fraction of sp³-hybridized carbons (Fsp3) is 0.368. The number of rotatable bonds is 5. The molecule has 1 amide bonds. The van der Waals surface area contributed by atoms with Crippen molar-refractivity contribution in [1.29, 1.82) is 0 Å². The van der Waals surface area contributed by atoms with Crippen molar-refractivity contribution >= 4 is 15.9 Å². The zero-order chi connectivity index (χ0) is 18.6. The molecule has 1 aliphatic rings. The Morgan fingerprint density at radius 3 is 2.54 bits per heavy atom. The van der Waals surface area contributed by atoms with Crippen molar-refractivity contribution < 1.29 is 13.2 Å². The molecule has 1 aromatic heterocycles. The van der Waals surface area contributed by atoms with Crippen molar-refractivity contribution in [2.45, 2.75) is 43.2 Å². The molecule has 1 saturated heterocycles. The van der Waals surface area contributed by atoms with E-state index in [-0.39, 0.29) is 16.8 Å². The van der Waals surface area contributed by atoms with Gasteiger partial charge in [-0.1, -0.05) is 24.6 Å². The first kappa shape index (κ1) is 18.5. The van der Waals surface area contributed by atoms with Gasteiger partial charge in [0.05, 0.1) is 10.9 Å². The molecule has 0 spiro atoms. The van der Waals surface area contributed by atoms with Crippen molar-refractivity contribution in [3.05, 3.63) is 60.4 Å². The molecule has 2 unspecified atom stereocenters. The fourth-order valence-electron chi connectivity index (χ4n) is 3.23. The molecule has 1 N–H and O–H groups in total. The Morgan fingerprint density at radius 2 is 1.85 bits per heavy atom. The van der Waals surface area contributed by atoms with Crippen molar-refractivity contribution in [1.82, 2.24) is 14.6 Å². The van der Waals surface area contributed by atoms with Crippen LogP contribution in [0, 0.1) is 0 Å². The van der Waals surface area contributed by atoms with Gasteiger partial charge in [-0.15, -0.1) is 0 Å². The molecule has 138 valence electrons. The smallest absolute Gasteiger partial charge is 0.243 e. The first-order chi connectivity index (χ1) is 12.5. The SMILES string of the molecule is CC(NC(=O)C1CCCCN1S(=O)(=O)c1ccccc1)c1ccncc1. The van der Waals surface area contributed by atoms with Gasteiger partial charge in [0.1, 0.15) is 6.04 Å². The molecule has 26 heavy (non-hydrogen) atoms. The second-order valence-corrected chi connectivity index (χ2v) is 8.34. The molecule has 2 heterocycles.